The zero-order valence-corrected chi connectivity index (χ0v) is 10.1. The first-order chi connectivity index (χ1) is 6.56. The second-order valence-corrected chi connectivity index (χ2v) is 4.22. The van der Waals surface area contributed by atoms with E-state index >= 15 is 0 Å². The summed E-state index contributed by atoms with van der Waals surface area (Å²) < 4.78 is 1.37. The van der Waals surface area contributed by atoms with Crippen molar-refractivity contribution in [2.75, 3.05) is 0 Å². The van der Waals surface area contributed by atoms with Crippen LogP contribution in [0.5, 0.6) is 0 Å². The Morgan fingerprint density at radius 1 is 1.50 bits per heavy atom. The van der Waals surface area contributed by atoms with Crippen molar-refractivity contribution in [2.24, 2.45) is 0 Å². The Balaban J connectivity index is 3.29. The molecule has 5 heteroatoms. The van der Waals surface area contributed by atoms with E-state index in [2.05, 4.69) is 31.9 Å². The fourth-order valence-electron chi connectivity index (χ4n) is 1.02. The number of carboxylic acid groups (broad SMARTS) is 1. The number of benzene rings is 1. The summed E-state index contributed by atoms with van der Waals surface area (Å²) in [4.78, 5) is 10.6. The van der Waals surface area contributed by atoms with Crippen LogP contribution in [0.2, 0.25) is 0 Å². The zero-order chi connectivity index (χ0) is 10.7. The summed E-state index contributed by atoms with van der Waals surface area (Å²) >= 11 is 6.49. The van der Waals surface area contributed by atoms with E-state index in [0.717, 1.165) is 4.47 Å². The molecule has 0 aliphatic rings. The number of hydrogen-bond donors (Lipinski definition) is 1. The van der Waals surface area contributed by atoms with Crippen LogP contribution in [0.4, 0.5) is 0 Å². The van der Waals surface area contributed by atoms with Gasteiger partial charge in [-0.25, -0.2) is 0 Å². The number of rotatable bonds is 2. The Labute approximate surface area is 97.6 Å². The van der Waals surface area contributed by atoms with Gasteiger partial charge in [-0.05, 0) is 49.6 Å². The summed E-state index contributed by atoms with van der Waals surface area (Å²) in [5.74, 6) is -0.958. The van der Waals surface area contributed by atoms with Gasteiger partial charge < -0.3 is 5.11 Å². The van der Waals surface area contributed by atoms with Crippen LogP contribution in [0, 0.1) is 11.3 Å². The van der Waals surface area contributed by atoms with E-state index in [1.54, 1.807) is 12.1 Å². The number of nitrogens with zero attached hydrogens (tertiary/aromatic N) is 1. The monoisotopic (exact) mass is 317 g/mol. The highest BCUT2D eigenvalue weighted by Gasteiger charge is 2.12. The predicted octanol–water partition coefficient (Wildman–Crippen LogP) is 2.71. The van der Waals surface area contributed by atoms with E-state index in [0.29, 0.717) is 15.6 Å². The molecule has 1 rings (SSSR count). The number of nitriles is 1. The molecule has 0 atom stereocenters. The molecule has 0 aliphatic carbocycles. The largest absolute Gasteiger partial charge is 0.481 e. The minimum absolute atomic E-state index is 0.164. The molecule has 0 amide bonds. The van der Waals surface area contributed by atoms with Gasteiger partial charge in [0.2, 0.25) is 0 Å². The summed E-state index contributed by atoms with van der Waals surface area (Å²) in [5, 5.41) is 17.4. The molecule has 1 N–H and O–H groups in total. The van der Waals surface area contributed by atoms with Crippen molar-refractivity contribution in [3.63, 3.8) is 0 Å². The van der Waals surface area contributed by atoms with Crippen LogP contribution >= 0.6 is 31.9 Å². The highest BCUT2D eigenvalue weighted by atomic mass is 79.9. The SMILES string of the molecule is N#Cc1ccc(Br)c(Br)c1CC(=O)O. The van der Waals surface area contributed by atoms with Crippen molar-refractivity contribution < 1.29 is 9.90 Å². The molecule has 3 nitrogen and oxygen atoms in total. The molecule has 0 saturated heterocycles. The second-order valence-electron chi connectivity index (χ2n) is 2.57. The van der Waals surface area contributed by atoms with E-state index in [1.165, 1.54) is 0 Å². The smallest absolute Gasteiger partial charge is 0.307 e. The van der Waals surface area contributed by atoms with Crippen molar-refractivity contribution >= 4 is 37.8 Å². The minimum atomic E-state index is -0.958. The lowest BCUT2D eigenvalue weighted by Crippen LogP contribution is -2.03. The van der Waals surface area contributed by atoms with Crippen LogP contribution < -0.4 is 0 Å². The lowest BCUT2D eigenvalue weighted by Gasteiger charge is -2.05. The topological polar surface area (TPSA) is 61.1 Å². The van der Waals surface area contributed by atoms with E-state index in [-0.39, 0.29) is 6.42 Å². The molecule has 72 valence electrons. The first kappa shape index (κ1) is 11.2. The molecule has 0 aliphatic heterocycles. The summed E-state index contributed by atoms with van der Waals surface area (Å²) in [7, 11) is 0. The van der Waals surface area contributed by atoms with Gasteiger partial charge in [0.05, 0.1) is 18.1 Å². The fourth-order valence-corrected chi connectivity index (χ4v) is 1.88. The van der Waals surface area contributed by atoms with Crippen LogP contribution in [0.1, 0.15) is 11.1 Å². The molecule has 0 spiro atoms. The molecule has 1 aromatic rings. The molecule has 0 aromatic heterocycles. The Morgan fingerprint density at radius 3 is 2.64 bits per heavy atom. The molecule has 0 bridgehead atoms. The highest BCUT2D eigenvalue weighted by molar-refractivity contribution is 9.13. The van der Waals surface area contributed by atoms with Gasteiger partial charge in [0.15, 0.2) is 0 Å². The van der Waals surface area contributed by atoms with E-state index in [4.69, 9.17) is 10.4 Å². The molecular formula is C9H5Br2NO2. The highest BCUT2D eigenvalue weighted by Crippen LogP contribution is 2.29. The molecule has 1 aromatic carbocycles. The molecule has 14 heavy (non-hydrogen) atoms. The number of carboxylic acids is 1. The van der Waals surface area contributed by atoms with Gasteiger partial charge in [0.1, 0.15) is 0 Å². The van der Waals surface area contributed by atoms with Crippen LogP contribution in [-0.4, -0.2) is 11.1 Å². The Morgan fingerprint density at radius 2 is 2.14 bits per heavy atom. The second kappa shape index (κ2) is 4.58. The van der Waals surface area contributed by atoms with Gasteiger partial charge in [-0.1, -0.05) is 0 Å². The van der Waals surface area contributed by atoms with Gasteiger partial charge in [0, 0.05) is 8.95 Å². The van der Waals surface area contributed by atoms with Crippen molar-refractivity contribution in [1.82, 2.24) is 0 Å². The third-order valence-corrected chi connectivity index (χ3v) is 3.74. The summed E-state index contributed by atoms with van der Waals surface area (Å²) in [6.45, 7) is 0. The maximum absolute atomic E-state index is 10.6. The van der Waals surface area contributed by atoms with Crippen molar-refractivity contribution in [2.45, 2.75) is 6.42 Å². The van der Waals surface area contributed by atoms with Crippen LogP contribution in [0.25, 0.3) is 0 Å². The molecule has 0 unspecified atom stereocenters. The van der Waals surface area contributed by atoms with Crippen molar-refractivity contribution in [1.29, 1.82) is 5.26 Å². The van der Waals surface area contributed by atoms with E-state index in [9.17, 15) is 4.79 Å². The standard InChI is InChI=1S/C9H5Br2NO2/c10-7-2-1-5(4-12)6(9(7)11)3-8(13)14/h1-2H,3H2,(H,13,14). The van der Waals surface area contributed by atoms with Crippen LogP contribution in [0.3, 0.4) is 0 Å². The summed E-state index contributed by atoms with van der Waals surface area (Å²) in [6.07, 6.45) is -0.164. The van der Waals surface area contributed by atoms with Gasteiger partial charge in [-0.3, -0.25) is 4.79 Å². The molecule has 0 heterocycles. The summed E-state index contributed by atoms with van der Waals surface area (Å²) in [5.41, 5.74) is 0.872. The summed E-state index contributed by atoms with van der Waals surface area (Å²) in [6, 6.07) is 5.25. The normalized spacial score (nSPS) is 9.50. The van der Waals surface area contributed by atoms with Gasteiger partial charge in [0.25, 0.3) is 0 Å². The predicted molar refractivity (Wildman–Crippen MR) is 57.9 cm³/mol. The zero-order valence-electron chi connectivity index (χ0n) is 6.92. The first-order valence-corrected chi connectivity index (χ1v) is 5.23. The number of halogens is 2. The van der Waals surface area contributed by atoms with Crippen molar-refractivity contribution in [3.8, 4) is 6.07 Å². The molecular weight excluding hydrogens is 314 g/mol. The Kier molecular flexibility index (Phi) is 3.67. The van der Waals surface area contributed by atoms with Gasteiger partial charge in [-0.2, -0.15) is 5.26 Å². The van der Waals surface area contributed by atoms with Crippen LogP contribution in [-0.2, 0) is 11.2 Å². The minimum Gasteiger partial charge on any atom is -0.481 e. The van der Waals surface area contributed by atoms with Gasteiger partial charge >= 0.3 is 5.97 Å². The average Bonchev–Trinajstić information content (AvgIpc) is 2.13. The van der Waals surface area contributed by atoms with E-state index in [1.807, 2.05) is 6.07 Å². The maximum atomic E-state index is 10.6. The fraction of sp³-hybridized carbons (Fsp3) is 0.111. The maximum Gasteiger partial charge on any atom is 0.307 e. The van der Waals surface area contributed by atoms with Gasteiger partial charge in [-0.15, -0.1) is 0 Å². The number of carbonyl (C=O) groups is 1. The average molecular weight is 319 g/mol. The first-order valence-electron chi connectivity index (χ1n) is 3.65. The number of hydrogen-bond acceptors (Lipinski definition) is 2. The lowest BCUT2D eigenvalue weighted by atomic mass is 10.1. The number of aliphatic carboxylic acids is 1. The van der Waals surface area contributed by atoms with Crippen molar-refractivity contribution in [3.05, 3.63) is 32.2 Å². The third kappa shape index (κ3) is 2.34. The van der Waals surface area contributed by atoms with E-state index < -0.39 is 5.97 Å². The molecule has 0 saturated carbocycles. The molecule has 0 radical (unpaired) electrons. The van der Waals surface area contributed by atoms with Crippen LogP contribution in [0.15, 0.2) is 21.1 Å². The quantitative estimate of drug-likeness (QED) is 0.912. The Hall–Kier alpha value is -0.860. The third-order valence-electron chi connectivity index (χ3n) is 1.64. The Bertz CT molecular complexity index is 424. The molecule has 0 fully saturated rings. The lowest BCUT2D eigenvalue weighted by molar-refractivity contribution is -0.136.